The largest absolute Gasteiger partial charge is 0.411 e. The summed E-state index contributed by atoms with van der Waals surface area (Å²) in [5, 5.41) is 10.5. The smallest absolute Gasteiger partial charge is 0.168 e. The van der Waals surface area contributed by atoms with Crippen LogP contribution < -0.4 is 0 Å². The van der Waals surface area contributed by atoms with Crippen molar-refractivity contribution in [2.45, 2.75) is 0 Å². The molecule has 0 atom stereocenters. The average molecular weight is 156 g/mol. The molecule has 0 heterocycles. The molecule has 2 nitrogen and oxygen atoms in total. The maximum atomic E-state index is 12.6. The standard InChI is InChI=1S/C7H4F2NO/c8-6-3-1-2-5(4-10-11)7(6)9/h1,3-4,11H/b10-4-. The van der Waals surface area contributed by atoms with Crippen molar-refractivity contribution in [3.63, 3.8) is 0 Å². The molecule has 1 radical (unpaired) electrons. The highest BCUT2D eigenvalue weighted by atomic mass is 19.2. The van der Waals surface area contributed by atoms with Gasteiger partial charge in [0.2, 0.25) is 0 Å². The lowest BCUT2D eigenvalue weighted by atomic mass is 10.2. The minimum Gasteiger partial charge on any atom is -0.411 e. The first-order chi connectivity index (χ1) is 5.25. The van der Waals surface area contributed by atoms with E-state index in [0.717, 1.165) is 12.3 Å². The summed E-state index contributed by atoms with van der Waals surface area (Å²) in [7, 11) is 0. The maximum Gasteiger partial charge on any atom is 0.168 e. The SMILES string of the molecule is O/N=C\c1[c]ccc(F)c1F. The maximum absolute atomic E-state index is 12.6. The lowest BCUT2D eigenvalue weighted by molar-refractivity contribution is 0.321. The van der Waals surface area contributed by atoms with Crippen LogP contribution in [0.4, 0.5) is 8.78 Å². The molecule has 0 saturated carbocycles. The van der Waals surface area contributed by atoms with Crippen LogP contribution in [-0.2, 0) is 0 Å². The van der Waals surface area contributed by atoms with Crippen LogP contribution in [0.25, 0.3) is 0 Å². The number of nitrogens with zero attached hydrogens (tertiary/aromatic N) is 1. The van der Waals surface area contributed by atoms with Crippen LogP contribution in [0.1, 0.15) is 5.56 Å². The Morgan fingerprint density at radius 1 is 1.55 bits per heavy atom. The van der Waals surface area contributed by atoms with Crippen LogP contribution in [-0.4, -0.2) is 11.4 Å². The van der Waals surface area contributed by atoms with Gasteiger partial charge in [0.1, 0.15) is 0 Å². The first kappa shape index (κ1) is 7.65. The summed E-state index contributed by atoms with van der Waals surface area (Å²) >= 11 is 0. The van der Waals surface area contributed by atoms with Crippen molar-refractivity contribution in [1.82, 2.24) is 0 Å². The molecule has 0 amide bonds. The predicted molar refractivity (Wildman–Crippen MR) is 34.6 cm³/mol. The number of hydrogen-bond acceptors (Lipinski definition) is 2. The van der Waals surface area contributed by atoms with Gasteiger partial charge in [-0.15, -0.1) is 0 Å². The molecule has 0 saturated heterocycles. The third-order valence-corrected chi connectivity index (χ3v) is 1.10. The van der Waals surface area contributed by atoms with E-state index >= 15 is 0 Å². The Morgan fingerprint density at radius 3 is 2.91 bits per heavy atom. The first-order valence-electron chi connectivity index (χ1n) is 2.79. The summed E-state index contributed by atoms with van der Waals surface area (Å²) < 4.78 is 24.9. The minimum absolute atomic E-state index is 0.201. The zero-order chi connectivity index (χ0) is 8.27. The highest BCUT2D eigenvalue weighted by molar-refractivity contribution is 5.78. The second-order valence-corrected chi connectivity index (χ2v) is 1.80. The Hall–Kier alpha value is -1.45. The summed E-state index contributed by atoms with van der Waals surface area (Å²) in [6.45, 7) is 0. The van der Waals surface area contributed by atoms with E-state index in [0.29, 0.717) is 0 Å². The van der Waals surface area contributed by atoms with E-state index < -0.39 is 11.6 Å². The molecule has 1 aromatic rings. The number of oxime groups is 1. The minimum atomic E-state index is -1.06. The molecule has 4 heteroatoms. The number of halogens is 2. The average Bonchev–Trinajstić information content (AvgIpc) is 1.99. The monoisotopic (exact) mass is 156 g/mol. The third kappa shape index (κ3) is 1.52. The molecule has 57 valence electrons. The topological polar surface area (TPSA) is 32.6 Å². The molecule has 11 heavy (non-hydrogen) atoms. The van der Waals surface area contributed by atoms with E-state index in [4.69, 9.17) is 5.21 Å². The van der Waals surface area contributed by atoms with Gasteiger partial charge in [0.15, 0.2) is 11.6 Å². The molecule has 1 rings (SSSR count). The molecule has 1 aromatic carbocycles. The van der Waals surface area contributed by atoms with Gasteiger partial charge in [-0.05, 0) is 12.1 Å². The van der Waals surface area contributed by atoms with Gasteiger partial charge in [-0.1, -0.05) is 11.2 Å². The van der Waals surface area contributed by atoms with E-state index in [9.17, 15) is 8.78 Å². The van der Waals surface area contributed by atoms with Gasteiger partial charge in [0, 0.05) is 5.56 Å². The molecule has 0 fully saturated rings. The summed E-state index contributed by atoms with van der Waals surface area (Å²) in [5.74, 6) is -2.05. The van der Waals surface area contributed by atoms with Gasteiger partial charge in [0.05, 0.1) is 6.21 Å². The molecule has 0 spiro atoms. The highest BCUT2D eigenvalue weighted by Gasteiger charge is 2.04. The molecule has 1 N–H and O–H groups in total. The quantitative estimate of drug-likeness (QED) is 0.373. The Bertz CT molecular complexity index is 286. The molecular weight excluding hydrogens is 152 g/mol. The Morgan fingerprint density at radius 2 is 2.27 bits per heavy atom. The van der Waals surface area contributed by atoms with Crippen molar-refractivity contribution in [2.75, 3.05) is 0 Å². The summed E-state index contributed by atoms with van der Waals surface area (Å²) in [6, 6.07) is 4.49. The fourth-order valence-electron chi connectivity index (χ4n) is 0.621. The lowest BCUT2D eigenvalue weighted by Crippen LogP contribution is -1.92. The van der Waals surface area contributed by atoms with Gasteiger partial charge in [-0.3, -0.25) is 0 Å². The number of benzene rings is 1. The Kier molecular flexibility index (Phi) is 2.15. The Labute approximate surface area is 61.8 Å². The zero-order valence-corrected chi connectivity index (χ0v) is 5.38. The fraction of sp³-hybridized carbons (Fsp3) is 0. The second kappa shape index (κ2) is 3.09. The van der Waals surface area contributed by atoms with Gasteiger partial charge in [0.25, 0.3) is 0 Å². The van der Waals surface area contributed by atoms with Crippen molar-refractivity contribution in [3.8, 4) is 0 Å². The second-order valence-electron chi connectivity index (χ2n) is 1.80. The lowest BCUT2D eigenvalue weighted by Gasteiger charge is -1.93. The van der Waals surface area contributed by atoms with E-state index in [1.165, 1.54) is 6.07 Å². The Balaban J connectivity index is 3.16. The molecule has 0 bridgehead atoms. The van der Waals surface area contributed by atoms with Crippen molar-refractivity contribution >= 4 is 6.21 Å². The van der Waals surface area contributed by atoms with Crippen molar-refractivity contribution in [1.29, 1.82) is 0 Å². The van der Waals surface area contributed by atoms with Crippen LogP contribution in [0.15, 0.2) is 17.3 Å². The van der Waals surface area contributed by atoms with Crippen LogP contribution >= 0.6 is 0 Å². The molecule has 0 aliphatic carbocycles. The third-order valence-electron chi connectivity index (χ3n) is 1.10. The van der Waals surface area contributed by atoms with E-state index in [-0.39, 0.29) is 5.56 Å². The van der Waals surface area contributed by atoms with Crippen LogP contribution in [0.3, 0.4) is 0 Å². The number of hydrogen-bond donors (Lipinski definition) is 1. The van der Waals surface area contributed by atoms with E-state index in [2.05, 4.69) is 11.2 Å². The van der Waals surface area contributed by atoms with Crippen LogP contribution in [0.2, 0.25) is 0 Å². The van der Waals surface area contributed by atoms with Gasteiger partial charge in [-0.2, -0.15) is 0 Å². The number of rotatable bonds is 1. The summed E-state index contributed by atoms with van der Waals surface area (Å²) in [5.41, 5.74) is -0.201. The van der Waals surface area contributed by atoms with Crippen LogP contribution in [0.5, 0.6) is 0 Å². The van der Waals surface area contributed by atoms with E-state index in [1.807, 2.05) is 0 Å². The van der Waals surface area contributed by atoms with Crippen molar-refractivity contribution < 1.29 is 14.0 Å². The predicted octanol–water partition coefficient (Wildman–Crippen LogP) is 1.57. The summed E-state index contributed by atoms with van der Waals surface area (Å²) in [6.07, 6.45) is 0.776. The fourth-order valence-corrected chi connectivity index (χ4v) is 0.621. The first-order valence-corrected chi connectivity index (χ1v) is 2.79. The molecular formula is C7H4F2NO. The van der Waals surface area contributed by atoms with E-state index in [1.54, 1.807) is 0 Å². The zero-order valence-electron chi connectivity index (χ0n) is 5.38. The molecule has 0 aliphatic heterocycles. The highest BCUT2D eigenvalue weighted by Crippen LogP contribution is 2.07. The van der Waals surface area contributed by atoms with Gasteiger partial charge >= 0.3 is 0 Å². The molecule has 0 aromatic heterocycles. The van der Waals surface area contributed by atoms with Gasteiger partial charge < -0.3 is 5.21 Å². The molecule has 0 unspecified atom stereocenters. The summed E-state index contributed by atoms with van der Waals surface area (Å²) in [4.78, 5) is 0. The molecule has 0 aliphatic rings. The van der Waals surface area contributed by atoms with Gasteiger partial charge in [-0.25, -0.2) is 8.78 Å². The van der Waals surface area contributed by atoms with Crippen LogP contribution in [0, 0.1) is 17.7 Å². The van der Waals surface area contributed by atoms with Crippen molar-refractivity contribution in [3.05, 3.63) is 35.4 Å². The van der Waals surface area contributed by atoms with Crippen molar-refractivity contribution in [2.24, 2.45) is 5.16 Å². The normalized spacial score (nSPS) is 10.7.